The van der Waals surface area contributed by atoms with Crippen molar-refractivity contribution in [2.45, 2.75) is 39.2 Å². The molecule has 0 unspecified atom stereocenters. The molecule has 0 saturated heterocycles. The molecule has 1 aliphatic rings. The molecule has 2 aromatic rings. The number of hydrogen-bond donors (Lipinski definition) is 3. The Kier molecular flexibility index (Phi) is 5.89. The molecule has 0 radical (unpaired) electrons. The average Bonchev–Trinajstić information content (AvgIpc) is 2.67. The minimum Gasteiger partial charge on any atom is -0.370 e. The van der Waals surface area contributed by atoms with E-state index in [2.05, 4.69) is 33.8 Å². The first-order valence-electron chi connectivity index (χ1n) is 9.22. The number of aliphatic imine (C=N–C) groups is 1. The van der Waals surface area contributed by atoms with Crippen LogP contribution in [-0.2, 0) is 19.4 Å². The van der Waals surface area contributed by atoms with Gasteiger partial charge in [0.2, 0.25) is 0 Å². The van der Waals surface area contributed by atoms with Crippen LogP contribution >= 0.6 is 0 Å². The van der Waals surface area contributed by atoms with Crippen LogP contribution in [0.4, 0.5) is 5.69 Å². The molecule has 136 valence electrons. The molecule has 1 amide bonds. The minimum atomic E-state index is -0.0578. The summed E-state index contributed by atoms with van der Waals surface area (Å²) in [5.74, 6) is 0.356. The second-order valence-corrected chi connectivity index (χ2v) is 6.53. The first-order chi connectivity index (χ1) is 12.7. The molecule has 4 N–H and O–H groups in total. The van der Waals surface area contributed by atoms with Crippen LogP contribution < -0.4 is 16.4 Å². The van der Waals surface area contributed by atoms with Crippen molar-refractivity contribution < 1.29 is 4.79 Å². The van der Waals surface area contributed by atoms with Crippen molar-refractivity contribution in [3.8, 4) is 0 Å². The van der Waals surface area contributed by atoms with Crippen LogP contribution in [0.3, 0.4) is 0 Å². The number of amides is 1. The van der Waals surface area contributed by atoms with Crippen molar-refractivity contribution in [1.82, 2.24) is 5.32 Å². The van der Waals surface area contributed by atoms with E-state index in [9.17, 15) is 4.79 Å². The molecule has 5 nitrogen and oxygen atoms in total. The molecule has 0 heterocycles. The number of rotatable bonds is 5. The SMILES string of the molecule is CCNC(=O)c1ccc(CN=C(N)Nc2cccc3c2CCCC3)cc1. The molecule has 2 aromatic carbocycles. The number of nitrogens with one attached hydrogen (secondary N) is 2. The second-order valence-electron chi connectivity index (χ2n) is 6.53. The fourth-order valence-corrected chi connectivity index (χ4v) is 3.28. The molecule has 1 aliphatic carbocycles. The molecule has 26 heavy (non-hydrogen) atoms. The van der Waals surface area contributed by atoms with Crippen LogP contribution in [0, 0.1) is 0 Å². The topological polar surface area (TPSA) is 79.5 Å². The van der Waals surface area contributed by atoms with Crippen molar-refractivity contribution in [3.63, 3.8) is 0 Å². The Labute approximate surface area is 154 Å². The molecular formula is C21H26N4O. The number of fused-ring (bicyclic) bond motifs is 1. The number of carbonyl (C=O) groups excluding carboxylic acids is 1. The highest BCUT2D eigenvalue weighted by atomic mass is 16.1. The van der Waals surface area contributed by atoms with E-state index in [1.165, 1.54) is 24.0 Å². The van der Waals surface area contributed by atoms with Crippen molar-refractivity contribution in [3.05, 3.63) is 64.7 Å². The Hall–Kier alpha value is -2.82. The lowest BCUT2D eigenvalue weighted by Crippen LogP contribution is -2.24. The number of benzene rings is 2. The summed E-state index contributed by atoms with van der Waals surface area (Å²) in [6, 6.07) is 13.8. The predicted molar refractivity (Wildman–Crippen MR) is 106 cm³/mol. The largest absolute Gasteiger partial charge is 0.370 e. The molecule has 0 atom stereocenters. The Morgan fingerprint density at radius 3 is 2.65 bits per heavy atom. The van der Waals surface area contributed by atoms with Gasteiger partial charge in [0, 0.05) is 17.8 Å². The Bertz CT molecular complexity index is 796. The number of anilines is 1. The van der Waals surface area contributed by atoms with E-state index in [0.29, 0.717) is 24.6 Å². The molecular weight excluding hydrogens is 324 g/mol. The Morgan fingerprint density at radius 1 is 1.12 bits per heavy atom. The van der Waals surface area contributed by atoms with Crippen molar-refractivity contribution in [2.24, 2.45) is 10.7 Å². The van der Waals surface area contributed by atoms with Gasteiger partial charge < -0.3 is 16.4 Å². The van der Waals surface area contributed by atoms with Crippen LogP contribution in [0.5, 0.6) is 0 Å². The summed E-state index contributed by atoms with van der Waals surface area (Å²) in [5, 5.41) is 6.04. The third-order valence-electron chi connectivity index (χ3n) is 4.64. The number of nitrogens with two attached hydrogens (primary N) is 1. The fourth-order valence-electron chi connectivity index (χ4n) is 3.28. The zero-order valence-electron chi connectivity index (χ0n) is 15.2. The Morgan fingerprint density at radius 2 is 1.88 bits per heavy atom. The van der Waals surface area contributed by atoms with Crippen LogP contribution in [0.2, 0.25) is 0 Å². The summed E-state index contributed by atoms with van der Waals surface area (Å²) in [6.07, 6.45) is 4.71. The lowest BCUT2D eigenvalue weighted by Gasteiger charge is -2.19. The van der Waals surface area contributed by atoms with E-state index in [-0.39, 0.29) is 5.91 Å². The number of aryl methyl sites for hydroxylation is 1. The normalized spacial score (nSPS) is 13.8. The van der Waals surface area contributed by atoms with E-state index in [1.807, 2.05) is 31.2 Å². The van der Waals surface area contributed by atoms with Gasteiger partial charge in [0.05, 0.1) is 6.54 Å². The number of nitrogens with zero attached hydrogens (tertiary/aromatic N) is 1. The summed E-state index contributed by atoms with van der Waals surface area (Å²) in [7, 11) is 0. The third kappa shape index (κ3) is 4.42. The van der Waals surface area contributed by atoms with E-state index < -0.39 is 0 Å². The predicted octanol–water partition coefficient (Wildman–Crippen LogP) is 3.24. The van der Waals surface area contributed by atoms with Gasteiger partial charge in [0.25, 0.3) is 5.91 Å². The quantitative estimate of drug-likeness (QED) is 0.572. The molecule has 0 spiro atoms. The van der Waals surface area contributed by atoms with Crippen molar-refractivity contribution in [1.29, 1.82) is 0 Å². The first kappa shape index (κ1) is 18.0. The van der Waals surface area contributed by atoms with E-state index in [1.54, 1.807) is 0 Å². The molecule has 3 rings (SSSR count). The summed E-state index contributed by atoms with van der Waals surface area (Å²) in [6.45, 7) is 3.00. The first-order valence-corrected chi connectivity index (χ1v) is 9.22. The highest BCUT2D eigenvalue weighted by molar-refractivity contribution is 5.94. The zero-order chi connectivity index (χ0) is 18.4. The van der Waals surface area contributed by atoms with Gasteiger partial charge in [-0.05, 0) is 67.5 Å². The lowest BCUT2D eigenvalue weighted by molar-refractivity contribution is 0.0956. The maximum Gasteiger partial charge on any atom is 0.251 e. The van der Waals surface area contributed by atoms with Crippen molar-refractivity contribution in [2.75, 3.05) is 11.9 Å². The van der Waals surface area contributed by atoms with E-state index in [0.717, 1.165) is 24.1 Å². The van der Waals surface area contributed by atoms with Gasteiger partial charge in [-0.3, -0.25) is 4.79 Å². The lowest BCUT2D eigenvalue weighted by atomic mass is 9.90. The van der Waals surface area contributed by atoms with Gasteiger partial charge in [0.1, 0.15) is 0 Å². The molecule has 5 heteroatoms. The molecule has 0 bridgehead atoms. The van der Waals surface area contributed by atoms with Crippen LogP contribution in [0.1, 0.15) is 46.8 Å². The highest BCUT2D eigenvalue weighted by Crippen LogP contribution is 2.27. The maximum atomic E-state index is 11.8. The van der Waals surface area contributed by atoms with Crippen LogP contribution in [-0.4, -0.2) is 18.4 Å². The summed E-state index contributed by atoms with van der Waals surface area (Å²) in [4.78, 5) is 16.2. The summed E-state index contributed by atoms with van der Waals surface area (Å²) >= 11 is 0. The molecule has 0 saturated carbocycles. The summed E-state index contributed by atoms with van der Waals surface area (Å²) in [5.41, 5.74) is 11.6. The summed E-state index contributed by atoms with van der Waals surface area (Å²) < 4.78 is 0. The third-order valence-corrected chi connectivity index (χ3v) is 4.64. The fraction of sp³-hybridized carbons (Fsp3) is 0.333. The highest BCUT2D eigenvalue weighted by Gasteiger charge is 2.13. The minimum absolute atomic E-state index is 0.0578. The Balaban J connectivity index is 1.63. The zero-order valence-corrected chi connectivity index (χ0v) is 15.2. The van der Waals surface area contributed by atoms with Gasteiger partial charge in [-0.2, -0.15) is 0 Å². The van der Waals surface area contributed by atoms with E-state index >= 15 is 0 Å². The van der Waals surface area contributed by atoms with Gasteiger partial charge in [-0.15, -0.1) is 0 Å². The smallest absolute Gasteiger partial charge is 0.251 e. The van der Waals surface area contributed by atoms with E-state index in [4.69, 9.17) is 5.73 Å². The van der Waals surface area contributed by atoms with Gasteiger partial charge in [0.15, 0.2) is 5.96 Å². The monoisotopic (exact) mass is 350 g/mol. The number of hydrogen-bond acceptors (Lipinski definition) is 2. The average molecular weight is 350 g/mol. The standard InChI is InChI=1S/C21H26N4O/c1-2-23-20(26)17-12-10-15(11-13-17)14-24-21(22)25-19-9-5-7-16-6-3-4-8-18(16)19/h5,7,9-13H,2-4,6,8,14H2,1H3,(H,23,26)(H3,22,24,25). The second kappa shape index (κ2) is 8.52. The van der Waals surface area contributed by atoms with Crippen LogP contribution in [0.25, 0.3) is 0 Å². The number of carbonyl (C=O) groups is 1. The van der Waals surface area contributed by atoms with Gasteiger partial charge in [-0.1, -0.05) is 24.3 Å². The molecule has 0 aromatic heterocycles. The number of guanidine groups is 1. The molecule has 0 aliphatic heterocycles. The van der Waals surface area contributed by atoms with Crippen LogP contribution in [0.15, 0.2) is 47.5 Å². The maximum absolute atomic E-state index is 11.8. The van der Waals surface area contributed by atoms with Crippen molar-refractivity contribution >= 4 is 17.6 Å². The van der Waals surface area contributed by atoms with Gasteiger partial charge >= 0.3 is 0 Å². The molecule has 0 fully saturated rings. The van der Waals surface area contributed by atoms with Gasteiger partial charge in [-0.25, -0.2) is 4.99 Å².